The maximum Gasteiger partial charge on any atom is 0.350 e. The summed E-state index contributed by atoms with van der Waals surface area (Å²) in [7, 11) is 3.50. The van der Waals surface area contributed by atoms with E-state index >= 15 is 0 Å². The minimum atomic E-state index is -1.10. The van der Waals surface area contributed by atoms with Gasteiger partial charge in [0.2, 0.25) is 0 Å². The third kappa shape index (κ3) is 3.19. The number of alkyl halides is 1. The number of nitrogens with zero attached hydrogens (tertiary/aromatic N) is 6. The summed E-state index contributed by atoms with van der Waals surface area (Å²) in [5.41, 5.74) is 0.0134. The normalized spacial score (nSPS) is 27.7. The van der Waals surface area contributed by atoms with Crippen molar-refractivity contribution in [1.82, 2.24) is 29.6 Å². The summed E-state index contributed by atoms with van der Waals surface area (Å²) in [5.74, 6) is 0.278. The quantitative estimate of drug-likeness (QED) is 0.650. The van der Waals surface area contributed by atoms with Crippen molar-refractivity contribution in [2.24, 2.45) is 13.0 Å². The van der Waals surface area contributed by atoms with E-state index in [9.17, 15) is 14.3 Å². The van der Waals surface area contributed by atoms with Gasteiger partial charge in [-0.15, -0.1) is 5.10 Å². The molecule has 2 fully saturated rings. The summed E-state index contributed by atoms with van der Waals surface area (Å²) in [6.07, 6.45) is 0.481. The molecule has 1 saturated carbocycles. The van der Waals surface area contributed by atoms with Gasteiger partial charge in [-0.3, -0.25) is 9.47 Å². The molecule has 1 unspecified atom stereocenters. The monoisotopic (exact) mass is 444 g/mol. The Morgan fingerprint density at radius 3 is 2.81 bits per heavy atom. The first-order chi connectivity index (χ1) is 14.8. The predicted molar refractivity (Wildman–Crippen MR) is 112 cm³/mol. The average molecular weight is 444 g/mol. The second-order valence-corrected chi connectivity index (χ2v) is 9.30. The van der Waals surface area contributed by atoms with E-state index in [1.54, 1.807) is 19.2 Å². The first-order valence-corrected chi connectivity index (χ1v) is 10.7. The van der Waals surface area contributed by atoms with E-state index in [0.29, 0.717) is 16.1 Å². The zero-order valence-corrected chi connectivity index (χ0v) is 18.0. The Morgan fingerprint density at radius 1 is 1.32 bits per heavy atom. The van der Waals surface area contributed by atoms with E-state index in [1.807, 2.05) is 14.0 Å². The van der Waals surface area contributed by atoms with Crippen molar-refractivity contribution in [2.45, 2.75) is 31.2 Å². The smallest absolute Gasteiger partial charge is 0.350 e. The highest BCUT2D eigenvalue weighted by molar-refractivity contribution is 7.16. The molecule has 1 N–H and O–H groups in total. The summed E-state index contributed by atoms with van der Waals surface area (Å²) in [5, 5.41) is 19.4. The van der Waals surface area contributed by atoms with Gasteiger partial charge < -0.3 is 9.84 Å². The van der Waals surface area contributed by atoms with Gasteiger partial charge >= 0.3 is 5.69 Å². The van der Waals surface area contributed by atoms with Crippen LogP contribution in [-0.2, 0) is 7.05 Å². The van der Waals surface area contributed by atoms with Crippen molar-refractivity contribution in [3.05, 3.63) is 35.0 Å². The van der Waals surface area contributed by atoms with Crippen LogP contribution in [0.4, 0.5) is 4.39 Å². The average Bonchev–Trinajstić information content (AvgIpc) is 3.38. The van der Waals surface area contributed by atoms with E-state index in [4.69, 9.17) is 4.74 Å². The van der Waals surface area contributed by atoms with Gasteiger partial charge in [0.05, 0.1) is 11.1 Å². The molecule has 1 saturated heterocycles. The Balaban J connectivity index is 1.36. The second-order valence-electron chi connectivity index (χ2n) is 8.36. The van der Waals surface area contributed by atoms with E-state index in [1.165, 1.54) is 17.0 Å². The number of hydrogen-bond acceptors (Lipinski definition) is 9. The van der Waals surface area contributed by atoms with Gasteiger partial charge in [0.1, 0.15) is 18.2 Å². The van der Waals surface area contributed by atoms with Gasteiger partial charge in [-0.05, 0) is 32.5 Å². The molecule has 2 bridgehead atoms. The minimum Gasteiger partial charge on any atom is -0.507 e. The Hall–Kier alpha value is -2.92. The first kappa shape index (κ1) is 20.0. The molecule has 2 aliphatic rings. The fraction of sp³-hybridized carbons (Fsp3) is 0.450. The first-order valence-electron chi connectivity index (χ1n) is 9.85. The van der Waals surface area contributed by atoms with Crippen molar-refractivity contribution in [1.29, 1.82) is 0 Å². The Bertz CT molecular complexity index is 1220. The molecule has 4 atom stereocenters. The number of fused-ring (bicyclic) bond motifs is 2. The highest BCUT2D eigenvalue weighted by Gasteiger charge is 2.60. The maximum absolute atomic E-state index is 15.0. The highest BCUT2D eigenvalue weighted by atomic mass is 32.1. The number of rotatable bonds is 4. The van der Waals surface area contributed by atoms with Gasteiger partial charge in [-0.2, -0.15) is 4.98 Å². The standard InChI is InChI=1S/C20H21FN6O3S/c1-20-7-11(8-27(20)3)14(15(20)21)30-19-25-24-17(31-19)12-5-4-10(6-13(12)28)16-22-9-26(2)18(29)23-16/h4-6,9,11,14-15,28H,7-8H2,1-3H3/t11?,14-,15-,20-/m1/s1. The number of phenols is 1. The molecule has 9 nitrogen and oxygen atoms in total. The fourth-order valence-electron chi connectivity index (χ4n) is 4.47. The number of halogens is 1. The molecule has 3 aromatic rings. The van der Waals surface area contributed by atoms with Crippen LogP contribution in [0.3, 0.4) is 0 Å². The van der Waals surface area contributed by atoms with Crippen molar-refractivity contribution in [2.75, 3.05) is 13.6 Å². The number of aromatic nitrogens is 5. The number of ether oxygens (including phenoxy) is 1. The number of likely N-dealkylation sites (tertiary alicyclic amines) is 1. The molecule has 2 aromatic heterocycles. The van der Waals surface area contributed by atoms with Gasteiger partial charge in [0.25, 0.3) is 5.19 Å². The van der Waals surface area contributed by atoms with Crippen LogP contribution in [0.15, 0.2) is 29.3 Å². The van der Waals surface area contributed by atoms with Crippen LogP contribution in [0.1, 0.15) is 13.3 Å². The molecule has 31 heavy (non-hydrogen) atoms. The van der Waals surface area contributed by atoms with Gasteiger partial charge in [0, 0.05) is 25.1 Å². The molecule has 11 heteroatoms. The van der Waals surface area contributed by atoms with E-state index in [2.05, 4.69) is 25.1 Å². The van der Waals surface area contributed by atoms with Crippen molar-refractivity contribution < 1.29 is 14.2 Å². The summed E-state index contributed by atoms with van der Waals surface area (Å²) in [4.78, 5) is 21.8. The lowest BCUT2D eigenvalue weighted by Gasteiger charge is -2.38. The van der Waals surface area contributed by atoms with E-state index in [-0.39, 0.29) is 22.7 Å². The lowest BCUT2D eigenvalue weighted by Crippen LogP contribution is -2.54. The zero-order valence-electron chi connectivity index (χ0n) is 17.2. The molecule has 0 amide bonds. The fourth-order valence-corrected chi connectivity index (χ4v) is 5.24. The number of piperidine rings is 1. The Morgan fingerprint density at radius 2 is 2.13 bits per heavy atom. The number of benzene rings is 1. The minimum absolute atomic E-state index is 0.0538. The molecular weight excluding hydrogens is 423 g/mol. The number of hydrogen-bond donors (Lipinski definition) is 1. The van der Waals surface area contributed by atoms with Crippen molar-refractivity contribution >= 4 is 11.3 Å². The third-order valence-corrected chi connectivity index (χ3v) is 7.24. The second kappa shape index (κ2) is 7.06. The molecule has 5 rings (SSSR count). The van der Waals surface area contributed by atoms with E-state index < -0.39 is 23.5 Å². The molecule has 1 aliphatic carbocycles. The van der Waals surface area contributed by atoms with Gasteiger partial charge in [0.15, 0.2) is 17.0 Å². The van der Waals surface area contributed by atoms with Crippen LogP contribution >= 0.6 is 11.3 Å². The van der Waals surface area contributed by atoms with Crippen LogP contribution in [0.5, 0.6) is 10.9 Å². The Labute approximate surface area is 181 Å². The molecular formula is C20H21FN6O3S. The molecule has 1 aromatic carbocycles. The largest absolute Gasteiger partial charge is 0.507 e. The lowest BCUT2D eigenvalue weighted by atomic mass is 9.97. The van der Waals surface area contributed by atoms with Crippen LogP contribution in [0.25, 0.3) is 22.0 Å². The third-order valence-electron chi connectivity index (χ3n) is 6.39. The number of aromatic hydroxyl groups is 1. The van der Waals surface area contributed by atoms with Gasteiger partial charge in [-0.1, -0.05) is 22.5 Å². The van der Waals surface area contributed by atoms with Crippen LogP contribution in [-0.4, -0.2) is 66.1 Å². The molecule has 1 aliphatic heterocycles. The van der Waals surface area contributed by atoms with Crippen LogP contribution in [0.2, 0.25) is 0 Å². The number of aryl methyl sites for hydroxylation is 1. The van der Waals surface area contributed by atoms with E-state index in [0.717, 1.165) is 24.3 Å². The molecule has 0 spiro atoms. The molecule has 162 valence electrons. The van der Waals surface area contributed by atoms with Crippen LogP contribution < -0.4 is 10.4 Å². The van der Waals surface area contributed by atoms with Gasteiger partial charge in [-0.25, -0.2) is 14.2 Å². The SMILES string of the molecule is CN1CC2C[C@]1(C)[C@H](F)[C@@H]2Oc1nnc(-c2ccc(-c3ncn(C)c(=O)n3)cc2O)s1. The predicted octanol–water partition coefficient (Wildman–Crippen LogP) is 1.88. The van der Waals surface area contributed by atoms with Crippen molar-refractivity contribution in [3.63, 3.8) is 0 Å². The molecule has 3 heterocycles. The zero-order chi connectivity index (χ0) is 21.9. The van der Waals surface area contributed by atoms with Crippen molar-refractivity contribution in [3.8, 4) is 32.9 Å². The number of phenolic OH excluding ortho intramolecular Hbond substituents is 1. The molecule has 0 radical (unpaired) electrons. The highest BCUT2D eigenvalue weighted by Crippen LogP contribution is 2.49. The summed E-state index contributed by atoms with van der Waals surface area (Å²) in [6, 6.07) is 4.81. The summed E-state index contributed by atoms with van der Waals surface area (Å²) in [6.45, 7) is 2.72. The summed E-state index contributed by atoms with van der Waals surface area (Å²) >= 11 is 1.15. The lowest BCUT2D eigenvalue weighted by molar-refractivity contribution is -0.0124. The maximum atomic E-state index is 15.0. The summed E-state index contributed by atoms with van der Waals surface area (Å²) < 4.78 is 22.1. The Kier molecular flexibility index (Phi) is 4.56. The van der Waals surface area contributed by atoms with Crippen LogP contribution in [0, 0.1) is 5.92 Å². The topological polar surface area (TPSA) is 106 Å².